The Bertz CT molecular complexity index is 790. The molecule has 0 spiro atoms. The topological polar surface area (TPSA) is 94.3 Å². The molecule has 0 radical (unpaired) electrons. The highest BCUT2D eigenvalue weighted by atomic mass is 32.2. The quantitative estimate of drug-likeness (QED) is 0.478. The number of nitro benzene ring substituents is 1. The lowest BCUT2D eigenvalue weighted by Gasteiger charge is -2.02. The largest absolute Gasteiger partial charge is 0.292 e. The van der Waals surface area contributed by atoms with Crippen molar-refractivity contribution in [2.45, 2.75) is 11.8 Å². The Labute approximate surface area is 125 Å². The fourth-order valence-electron chi connectivity index (χ4n) is 1.69. The van der Waals surface area contributed by atoms with Crippen LogP contribution in [0.3, 0.4) is 0 Å². The van der Waals surface area contributed by atoms with E-state index in [4.69, 9.17) is 0 Å². The number of nitro groups is 1. The van der Waals surface area contributed by atoms with Crippen molar-refractivity contribution >= 4 is 32.6 Å². The number of nitrogens with zero attached hydrogens (tertiary/aromatic N) is 1. The van der Waals surface area contributed by atoms with Crippen molar-refractivity contribution in [1.29, 1.82) is 0 Å². The maximum atomic E-state index is 12.1. The van der Waals surface area contributed by atoms with E-state index in [-0.39, 0.29) is 10.6 Å². The van der Waals surface area contributed by atoms with Crippen molar-refractivity contribution in [3.63, 3.8) is 0 Å². The second-order valence-electron chi connectivity index (χ2n) is 4.34. The summed E-state index contributed by atoms with van der Waals surface area (Å²) in [7, 11) is -3.81. The van der Waals surface area contributed by atoms with Crippen LogP contribution in [0, 0.1) is 17.0 Å². The molecule has 1 aromatic heterocycles. The van der Waals surface area contributed by atoms with Crippen molar-refractivity contribution in [3.05, 3.63) is 56.3 Å². The molecule has 0 bridgehead atoms. The van der Waals surface area contributed by atoms with Crippen LogP contribution in [-0.2, 0) is 9.84 Å². The van der Waals surface area contributed by atoms with E-state index >= 15 is 0 Å². The van der Waals surface area contributed by atoms with Crippen LogP contribution in [0.1, 0.15) is 14.5 Å². The number of hydrogen-bond acceptors (Lipinski definition) is 6. The molecule has 1 aromatic carbocycles. The number of benzene rings is 1. The number of non-ortho nitro benzene ring substituents is 1. The summed E-state index contributed by atoms with van der Waals surface area (Å²) in [5.74, 6) is -1.13. The lowest BCUT2D eigenvalue weighted by molar-refractivity contribution is -0.384. The zero-order valence-electron chi connectivity index (χ0n) is 11.0. The molecular formula is C13H11NO5S2. The summed E-state index contributed by atoms with van der Waals surface area (Å²) in [5, 5.41) is 10.5. The van der Waals surface area contributed by atoms with Gasteiger partial charge < -0.3 is 0 Å². The third kappa shape index (κ3) is 3.53. The van der Waals surface area contributed by atoms with E-state index in [1.165, 1.54) is 11.3 Å². The zero-order valence-corrected chi connectivity index (χ0v) is 12.6. The van der Waals surface area contributed by atoms with E-state index in [0.717, 1.165) is 29.1 Å². The van der Waals surface area contributed by atoms with Crippen LogP contribution in [0.25, 0.3) is 0 Å². The van der Waals surface area contributed by atoms with Gasteiger partial charge in [0.15, 0.2) is 15.6 Å². The van der Waals surface area contributed by atoms with Gasteiger partial charge in [-0.3, -0.25) is 14.9 Å². The lowest BCUT2D eigenvalue weighted by Crippen LogP contribution is -2.15. The Morgan fingerprint density at radius 3 is 2.29 bits per heavy atom. The minimum absolute atomic E-state index is 0.102. The Kier molecular flexibility index (Phi) is 4.19. The lowest BCUT2D eigenvalue weighted by atomic mass is 10.3. The fraction of sp³-hybridized carbons (Fsp3) is 0.154. The summed E-state index contributed by atoms with van der Waals surface area (Å²) in [5.41, 5.74) is -0.200. The SMILES string of the molecule is Cc1ccc(C(=O)CS(=O)(=O)c2ccc([N+](=O)[O-])cc2)s1. The molecule has 0 fully saturated rings. The van der Waals surface area contributed by atoms with E-state index in [0.29, 0.717) is 4.88 Å². The molecular weight excluding hydrogens is 314 g/mol. The van der Waals surface area contributed by atoms with Gasteiger partial charge in [-0.25, -0.2) is 8.42 Å². The van der Waals surface area contributed by atoms with Crippen LogP contribution in [0.5, 0.6) is 0 Å². The van der Waals surface area contributed by atoms with E-state index in [1.807, 2.05) is 6.92 Å². The predicted octanol–water partition coefficient (Wildman–Crippen LogP) is 2.62. The average Bonchev–Trinajstić information content (AvgIpc) is 2.85. The third-order valence-electron chi connectivity index (χ3n) is 2.74. The smallest absolute Gasteiger partial charge is 0.269 e. The van der Waals surface area contributed by atoms with Crippen LogP contribution >= 0.6 is 11.3 Å². The molecule has 0 atom stereocenters. The van der Waals surface area contributed by atoms with Crippen LogP contribution < -0.4 is 0 Å². The number of sulfone groups is 1. The number of ketones is 1. The molecule has 0 aliphatic carbocycles. The number of aryl methyl sites for hydroxylation is 1. The normalized spacial score (nSPS) is 11.3. The Morgan fingerprint density at radius 1 is 1.19 bits per heavy atom. The monoisotopic (exact) mass is 325 g/mol. The second kappa shape index (κ2) is 5.74. The van der Waals surface area contributed by atoms with Gasteiger partial charge in [0.1, 0.15) is 5.75 Å². The van der Waals surface area contributed by atoms with Crippen molar-refractivity contribution in [2.75, 3.05) is 5.75 Å². The van der Waals surface area contributed by atoms with Gasteiger partial charge in [-0.1, -0.05) is 0 Å². The fourth-order valence-corrected chi connectivity index (χ4v) is 3.80. The van der Waals surface area contributed by atoms with Gasteiger partial charge in [-0.05, 0) is 31.2 Å². The molecule has 110 valence electrons. The molecule has 0 unspecified atom stereocenters. The zero-order chi connectivity index (χ0) is 15.6. The molecule has 1 heterocycles. The van der Waals surface area contributed by atoms with Crippen LogP contribution in [0.15, 0.2) is 41.3 Å². The highest BCUT2D eigenvalue weighted by molar-refractivity contribution is 7.92. The van der Waals surface area contributed by atoms with Gasteiger partial charge in [0.05, 0.1) is 14.7 Å². The summed E-state index contributed by atoms with van der Waals surface area (Å²) in [6, 6.07) is 7.82. The number of hydrogen-bond donors (Lipinski definition) is 0. The van der Waals surface area contributed by atoms with E-state index in [2.05, 4.69) is 0 Å². The molecule has 0 amide bonds. The van der Waals surface area contributed by atoms with Crippen molar-refractivity contribution < 1.29 is 18.1 Å². The Hall–Kier alpha value is -2.06. The van der Waals surface area contributed by atoms with E-state index in [1.54, 1.807) is 12.1 Å². The first-order valence-electron chi connectivity index (χ1n) is 5.86. The summed E-state index contributed by atoms with van der Waals surface area (Å²) >= 11 is 1.23. The van der Waals surface area contributed by atoms with Crippen molar-refractivity contribution in [2.24, 2.45) is 0 Å². The number of carbonyl (C=O) groups excluding carboxylic acids is 1. The van der Waals surface area contributed by atoms with Crippen molar-refractivity contribution in [3.8, 4) is 0 Å². The van der Waals surface area contributed by atoms with E-state index < -0.39 is 26.3 Å². The first-order chi connectivity index (χ1) is 9.79. The summed E-state index contributed by atoms with van der Waals surface area (Å²) < 4.78 is 24.2. The van der Waals surface area contributed by atoms with Gasteiger partial charge in [0, 0.05) is 17.0 Å². The van der Waals surface area contributed by atoms with Crippen LogP contribution in [0.2, 0.25) is 0 Å². The Balaban J connectivity index is 2.22. The molecule has 2 rings (SSSR count). The number of carbonyl (C=O) groups is 1. The molecule has 6 nitrogen and oxygen atoms in total. The van der Waals surface area contributed by atoms with Crippen LogP contribution in [0.4, 0.5) is 5.69 Å². The third-order valence-corrected chi connectivity index (χ3v) is 5.42. The van der Waals surface area contributed by atoms with Gasteiger partial charge in [0.25, 0.3) is 5.69 Å². The molecule has 0 saturated heterocycles. The Morgan fingerprint density at radius 2 is 1.81 bits per heavy atom. The number of rotatable bonds is 5. The predicted molar refractivity (Wildman–Crippen MR) is 78.5 cm³/mol. The summed E-state index contributed by atoms with van der Waals surface area (Å²) in [6.07, 6.45) is 0. The minimum atomic E-state index is -3.81. The molecule has 0 saturated carbocycles. The first-order valence-corrected chi connectivity index (χ1v) is 8.33. The van der Waals surface area contributed by atoms with Gasteiger partial charge in [0.2, 0.25) is 0 Å². The molecule has 8 heteroatoms. The average molecular weight is 325 g/mol. The molecule has 2 aromatic rings. The maximum absolute atomic E-state index is 12.1. The highest BCUT2D eigenvalue weighted by Gasteiger charge is 2.22. The first kappa shape index (κ1) is 15.3. The number of Topliss-reactive ketones (excluding diaryl/α,β-unsaturated/α-hetero) is 1. The van der Waals surface area contributed by atoms with Crippen LogP contribution in [-0.4, -0.2) is 24.9 Å². The minimum Gasteiger partial charge on any atom is -0.292 e. The van der Waals surface area contributed by atoms with E-state index in [9.17, 15) is 23.3 Å². The molecule has 0 aliphatic rings. The summed E-state index contributed by atoms with van der Waals surface area (Å²) in [4.78, 5) is 23.1. The molecule has 21 heavy (non-hydrogen) atoms. The second-order valence-corrected chi connectivity index (χ2v) is 7.62. The molecule has 0 aliphatic heterocycles. The summed E-state index contributed by atoms with van der Waals surface area (Å²) in [6.45, 7) is 1.83. The molecule has 0 N–H and O–H groups in total. The standard InChI is InChI=1S/C13H11NO5S2/c1-9-2-7-13(20-9)12(15)8-21(18,19)11-5-3-10(4-6-11)14(16)17/h2-7H,8H2,1H3. The highest BCUT2D eigenvalue weighted by Crippen LogP contribution is 2.20. The maximum Gasteiger partial charge on any atom is 0.269 e. The number of thiophene rings is 1. The van der Waals surface area contributed by atoms with Crippen molar-refractivity contribution in [1.82, 2.24) is 0 Å². The van der Waals surface area contributed by atoms with Gasteiger partial charge in [-0.15, -0.1) is 11.3 Å². The van der Waals surface area contributed by atoms with Gasteiger partial charge >= 0.3 is 0 Å². The van der Waals surface area contributed by atoms with Gasteiger partial charge in [-0.2, -0.15) is 0 Å².